The van der Waals surface area contributed by atoms with E-state index >= 15 is 0 Å². The number of unbranched alkanes of at least 4 members (excludes halogenated alkanes) is 48. The van der Waals surface area contributed by atoms with Gasteiger partial charge in [-0.25, -0.2) is 9.13 Å². The van der Waals surface area contributed by atoms with E-state index in [0.717, 1.165) is 102 Å². The third kappa shape index (κ3) is 72.4. The lowest BCUT2D eigenvalue weighted by Gasteiger charge is -2.21. The van der Waals surface area contributed by atoms with Crippen LogP contribution in [-0.4, -0.2) is 96.7 Å². The van der Waals surface area contributed by atoms with Crippen LogP contribution in [0.1, 0.15) is 414 Å². The van der Waals surface area contributed by atoms with Gasteiger partial charge in [0.1, 0.15) is 19.3 Å². The van der Waals surface area contributed by atoms with E-state index < -0.39 is 97.5 Å². The Kier molecular flexibility index (Phi) is 69.3. The Morgan fingerprint density at radius 1 is 0.276 bits per heavy atom. The fourth-order valence-corrected chi connectivity index (χ4v) is 13.8. The lowest BCUT2D eigenvalue weighted by molar-refractivity contribution is -0.161. The molecule has 5 atom stereocenters. The second-order valence-corrected chi connectivity index (χ2v) is 32.3. The minimum atomic E-state index is -4.96. The zero-order valence-corrected chi connectivity index (χ0v) is 65.9. The number of phosphoric acid groups is 2. The van der Waals surface area contributed by atoms with Gasteiger partial charge in [-0.05, 0) is 37.5 Å². The molecule has 0 spiro atoms. The molecule has 98 heavy (non-hydrogen) atoms. The molecule has 0 aromatic carbocycles. The molecule has 0 aromatic rings. The summed E-state index contributed by atoms with van der Waals surface area (Å²) in [5.74, 6) is -0.556. The van der Waals surface area contributed by atoms with Gasteiger partial charge in [0.05, 0.1) is 26.4 Å². The number of hydrogen-bond donors (Lipinski definition) is 3. The molecule has 0 amide bonds. The monoisotopic (exact) mass is 1440 g/mol. The maximum absolute atomic E-state index is 13.1. The second kappa shape index (κ2) is 70.7. The van der Waals surface area contributed by atoms with Crippen LogP contribution >= 0.6 is 15.6 Å². The molecule has 0 aliphatic heterocycles. The first kappa shape index (κ1) is 96.1. The Balaban J connectivity index is 5.24. The van der Waals surface area contributed by atoms with E-state index in [1.54, 1.807) is 0 Å². The van der Waals surface area contributed by atoms with Crippen LogP contribution < -0.4 is 0 Å². The standard InChI is InChI=1S/C79H154O17P2/c1-7-9-11-13-15-17-19-20-21-22-25-28-31-38-44-50-56-62-77(82)90-68-75(95-78(83)63-57-51-45-39-32-29-26-23-24-27-30-35-41-47-53-59-71(3)4)70-94-98(87,88)92-66-73(80)65-91-97(85,86)93-69-74(67-89-76(81)61-55-49-43-37-18-16-14-12-10-8-2)96-79(84)64-58-52-46-40-34-33-36-42-48-54-60-72(5)6/h71-75,80H,7-70H2,1-6H3,(H,85,86)(H,87,88)/t73-,74+,75+/m0/s1. The van der Waals surface area contributed by atoms with Crippen molar-refractivity contribution in [1.29, 1.82) is 0 Å². The summed E-state index contributed by atoms with van der Waals surface area (Å²) in [5, 5.41) is 10.6. The summed E-state index contributed by atoms with van der Waals surface area (Å²) in [4.78, 5) is 72.9. The zero-order chi connectivity index (χ0) is 72.1. The van der Waals surface area contributed by atoms with Crippen molar-refractivity contribution in [2.45, 2.75) is 432 Å². The van der Waals surface area contributed by atoms with Crippen LogP contribution in [0.4, 0.5) is 0 Å². The molecule has 19 heteroatoms. The van der Waals surface area contributed by atoms with Gasteiger partial charge in [0, 0.05) is 25.7 Å². The summed E-state index contributed by atoms with van der Waals surface area (Å²) < 4.78 is 68.6. The van der Waals surface area contributed by atoms with Crippen molar-refractivity contribution in [3.05, 3.63) is 0 Å². The summed E-state index contributed by atoms with van der Waals surface area (Å²) in [6.45, 7) is 9.63. The lowest BCUT2D eigenvalue weighted by atomic mass is 10.0. The van der Waals surface area contributed by atoms with E-state index in [2.05, 4.69) is 41.5 Å². The van der Waals surface area contributed by atoms with Crippen LogP contribution in [0, 0.1) is 11.8 Å². The van der Waals surface area contributed by atoms with Crippen LogP contribution in [0.25, 0.3) is 0 Å². The van der Waals surface area contributed by atoms with Crippen LogP contribution in [0.5, 0.6) is 0 Å². The van der Waals surface area contributed by atoms with E-state index in [-0.39, 0.29) is 25.7 Å². The SMILES string of the molecule is CCCCCCCCCCCCCCCCCCCC(=O)OC[C@H](COP(=O)(O)OC[C@@H](O)COP(=O)(O)OC[C@@H](COC(=O)CCCCCCCCCCCC)OC(=O)CCCCCCCCCCCCC(C)C)OC(=O)CCCCCCCCCCCCCCCCCC(C)C. The molecule has 0 aliphatic rings. The van der Waals surface area contributed by atoms with Crippen molar-refractivity contribution in [1.82, 2.24) is 0 Å². The van der Waals surface area contributed by atoms with Gasteiger partial charge in [0.15, 0.2) is 12.2 Å². The van der Waals surface area contributed by atoms with E-state index in [1.807, 2.05) is 0 Å². The minimum Gasteiger partial charge on any atom is -0.462 e. The Morgan fingerprint density at radius 2 is 0.469 bits per heavy atom. The van der Waals surface area contributed by atoms with Crippen LogP contribution in [0.15, 0.2) is 0 Å². The summed E-state index contributed by atoms with van der Waals surface area (Å²) in [7, 11) is -9.92. The lowest BCUT2D eigenvalue weighted by Crippen LogP contribution is -2.30. The van der Waals surface area contributed by atoms with Gasteiger partial charge in [-0.15, -0.1) is 0 Å². The van der Waals surface area contributed by atoms with Crippen molar-refractivity contribution in [2.75, 3.05) is 39.6 Å². The molecule has 0 rings (SSSR count). The van der Waals surface area contributed by atoms with Crippen molar-refractivity contribution in [3.8, 4) is 0 Å². The van der Waals surface area contributed by atoms with E-state index in [9.17, 15) is 43.2 Å². The maximum atomic E-state index is 13.1. The summed E-state index contributed by atoms with van der Waals surface area (Å²) in [6, 6.07) is 0. The smallest absolute Gasteiger partial charge is 0.462 e. The van der Waals surface area contributed by atoms with Gasteiger partial charge >= 0.3 is 39.5 Å². The van der Waals surface area contributed by atoms with Crippen molar-refractivity contribution < 1.29 is 80.2 Å². The van der Waals surface area contributed by atoms with Crippen LogP contribution in [0.3, 0.4) is 0 Å². The average molecular weight is 1440 g/mol. The number of carbonyl (C=O) groups excluding carboxylic acids is 4. The van der Waals surface area contributed by atoms with E-state index in [4.69, 9.17) is 37.0 Å². The van der Waals surface area contributed by atoms with Crippen molar-refractivity contribution in [3.63, 3.8) is 0 Å². The Bertz CT molecular complexity index is 1890. The summed E-state index contributed by atoms with van der Waals surface area (Å²) in [5.41, 5.74) is 0. The summed E-state index contributed by atoms with van der Waals surface area (Å²) in [6.07, 6.45) is 59.6. The molecule has 2 unspecified atom stereocenters. The van der Waals surface area contributed by atoms with Gasteiger partial charge in [0.2, 0.25) is 0 Å². The highest BCUT2D eigenvalue weighted by molar-refractivity contribution is 7.47. The number of hydrogen-bond acceptors (Lipinski definition) is 15. The van der Waals surface area contributed by atoms with Gasteiger partial charge < -0.3 is 33.8 Å². The molecule has 582 valence electrons. The number of esters is 4. The summed E-state index contributed by atoms with van der Waals surface area (Å²) >= 11 is 0. The fourth-order valence-electron chi connectivity index (χ4n) is 12.2. The van der Waals surface area contributed by atoms with Gasteiger partial charge in [-0.2, -0.15) is 0 Å². The molecule has 0 radical (unpaired) electrons. The molecule has 17 nitrogen and oxygen atoms in total. The highest BCUT2D eigenvalue weighted by Crippen LogP contribution is 2.45. The molecule has 3 N–H and O–H groups in total. The number of aliphatic hydroxyl groups is 1. The molecule has 0 saturated heterocycles. The van der Waals surface area contributed by atoms with Crippen molar-refractivity contribution in [2.24, 2.45) is 11.8 Å². The third-order valence-corrected chi connectivity index (χ3v) is 20.4. The second-order valence-electron chi connectivity index (χ2n) is 29.4. The Hall–Kier alpha value is -1.94. The Morgan fingerprint density at radius 3 is 0.694 bits per heavy atom. The van der Waals surface area contributed by atoms with Crippen LogP contribution in [0.2, 0.25) is 0 Å². The van der Waals surface area contributed by atoms with Crippen molar-refractivity contribution >= 4 is 39.5 Å². The predicted octanol–water partition coefficient (Wildman–Crippen LogP) is 23.5. The third-order valence-electron chi connectivity index (χ3n) is 18.5. The van der Waals surface area contributed by atoms with Gasteiger partial charge in [-0.3, -0.25) is 37.3 Å². The number of ether oxygens (including phenoxy) is 4. The number of phosphoric ester groups is 2. The largest absolute Gasteiger partial charge is 0.472 e. The average Bonchev–Trinajstić information content (AvgIpc) is 1.29. The molecular weight excluding hydrogens is 1280 g/mol. The number of rotatable bonds is 78. The van der Waals surface area contributed by atoms with Gasteiger partial charge in [-0.1, -0.05) is 363 Å². The number of carbonyl (C=O) groups is 4. The molecule has 0 aromatic heterocycles. The normalized spacial score (nSPS) is 13.9. The zero-order valence-electron chi connectivity index (χ0n) is 64.1. The Labute approximate surface area is 600 Å². The molecule has 0 saturated carbocycles. The predicted molar refractivity (Wildman–Crippen MR) is 400 cm³/mol. The molecule has 0 aliphatic carbocycles. The molecular formula is C79H154O17P2. The maximum Gasteiger partial charge on any atom is 0.472 e. The van der Waals surface area contributed by atoms with Gasteiger partial charge in [0.25, 0.3) is 0 Å². The molecule has 0 fully saturated rings. The number of aliphatic hydroxyl groups excluding tert-OH is 1. The first-order valence-electron chi connectivity index (χ1n) is 41.0. The minimum absolute atomic E-state index is 0.106. The van der Waals surface area contributed by atoms with E-state index in [0.29, 0.717) is 25.7 Å². The quantitative estimate of drug-likeness (QED) is 0.0222. The van der Waals surface area contributed by atoms with E-state index in [1.165, 1.54) is 231 Å². The molecule has 0 heterocycles. The highest BCUT2D eigenvalue weighted by atomic mass is 31.2. The topological polar surface area (TPSA) is 237 Å². The van der Waals surface area contributed by atoms with Crippen LogP contribution in [-0.2, 0) is 65.4 Å². The fraction of sp³-hybridized carbons (Fsp3) is 0.949. The highest BCUT2D eigenvalue weighted by Gasteiger charge is 2.30. The first-order chi connectivity index (χ1) is 47.4. The first-order valence-corrected chi connectivity index (χ1v) is 44.0. The molecule has 0 bridgehead atoms.